The van der Waals surface area contributed by atoms with Gasteiger partial charge in [0.25, 0.3) is 0 Å². The summed E-state index contributed by atoms with van der Waals surface area (Å²) < 4.78 is 0. The molecule has 0 fully saturated rings. The first kappa shape index (κ1) is 28.8. The van der Waals surface area contributed by atoms with Crippen molar-refractivity contribution >= 4 is 49.4 Å². The van der Waals surface area contributed by atoms with Gasteiger partial charge in [-0.2, -0.15) is 0 Å². The lowest BCUT2D eigenvalue weighted by molar-refractivity contribution is 1.30. The van der Waals surface area contributed by atoms with Crippen LogP contribution >= 0.6 is 0 Å². The van der Waals surface area contributed by atoms with Gasteiger partial charge in [-0.15, -0.1) is 0 Å². The lowest BCUT2D eigenvalue weighted by Gasteiger charge is -2.27. The van der Waals surface area contributed by atoms with Crippen LogP contribution in [0.3, 0.4) is 0 Å². The Bertz CT molecular complexity index is 2570. The minimum atomic E-state index is 1.11. The van der Waals surface area contributed by atoms with Gasteiger partial charge in [0.2, 0.25) is 0 Å². The topological polar surface area (TPSA) is 3.24 Å². The number of hydrogen-bond donors (Lipinski definition) is 0. The number of benzene rings is 9. The normalized spacial score (nSPS) is 11.3. The molecule has 0 aliphatic heterocycles. The molecule has 0 aliphatic carbocycles. The maximum absolute atomic E-state index is 2.39. The molecule has 0 N–H and O–H groups in total. The molecule has 0 unspecified atom stereocenters. The van der Waals surface area contributed by atoms with E-state index in [0.717, 1.165) is 17.1 Å². The third-order valence-electron chi connectivity index (χ3n) is 9.66. The van der Waals surface area contributed by atoms with Crippen molar-refractivity contribution in [3.63, 3.8) is 0 Å². The summed E-state index contributed by atoms with van der Waals surface area (Å²) in [5.74, 6) is 0. The van der Waals surface area contributed by atoms with Crippen molar-refractivity contribution in [2.24, 2.45) is 0 Å². The van der Waals surface area contributed by atoms with Crippen LogP contribution < -0.4 is 4.90 Å². The third-order valence-corrected chi connectivity index (χ3v) is 9.66. The van der Waals surface area contributed by atoms with Gasteiger partial charge in [-0.1, -0.05) is 170 Å². The van der Waals surface area contributed by atoms with Crippen LogP contribution in [0.5, 0.6) is 0 Å². The number of nitrogens with zero attached hydrogens (tertiary/aromatic N) is 1. The molecule has 1 heteroatoms. The summed E-state index contributed by atoms with van der Waals surface area (Å²) in [6.45, 7) is 0. The number of hydrogen-bond acceptors (Lipinski definition) is 1. The lowest BCUT2D eigenvalue weighted by Crippen LogP contribution is -2.10. The zero-order valence-electron chi connectivity index (χ0n) is 27.0. The van der Waals surface area contributed by atoms with Crippen molar-refractivity contribution in [2.75, 3.05) is 4.90 Å². The second-order valence-corrected chi connectivity index (χ2v) is 12.5. The minimum absolute atomic E-state index is 1.11. The average molecular weight is 624 g/mol. The summed E-state index contributed by atoms with van der Waals surface area (Å²) in [6, 6.07) is 72.4. The van der Waals surface area contributed by atoms with E-state index in [1.807, 2.05) is 0 Å². The van der Waals surface area contributed by atoms with Gasteiger partial charge in [0.05, 0.1) is 5.69 Å². The fraction of sp³-hybridized carbons (Fsp3) is 0. The van der Waals surface area contributed by atoms with E-state index in [2.05, 4.69) is 205 Å². The molecular weight excluding hydrogens is 591 g/mol. The van der Waals surface area contributed by atoms with E-state index < -0.39 is 0 Å². The van der Waals surface area contributed by atoms with E-state index in [1.54, 1.807) is 0 Å². The average Bonchev–Trinajstić information content (AvgIpc) is 3.18. The first-order chi connectivity index (χ1) is 24.3. The van der Waals surface area contributed by atoms with Crippen molar-refractivity contribution in [1.29, 1.82) is 0 Å². The van der Waals surface area contributed by atoms with Crippen LogP contribution in [0, 0.1) is 0 Å². The third kappa shape index (κ3) is 5.23. The molecule has 0 spiro atoms. The van der Waals surface area contributed by atoms with Crippen molar-refractivity contribution in [2.45, 2.75) is 0 Å². The number of fused-ring (bicyclic) bond motifs is 3. The maximum Gasteiger partial charge on any atom is 0.0540 e. The molecule has 0 aromatic heterocycles. The Labute approximate surface area is 287 Å². The molecule has 0 aliphatic rings. The van der Waals surface area contributed by atoms with Gasteiger partial charge in [-0.25, -0.2) is 0 Å². The molecule has 9 rings (SSSR count). The first-order valence-electron chi connectivity index (χ1n) is 16.9. The second-order valence-electron chi connectivity index (χ2n) is 12.5. The van der Waals surface area contributed by atoms with Crippen LogP contribution in [-0.2, 0) is 0 Å². The summed E-state index contributed by atoms with van der Waals surface area (Å²) in [7, 11) is 0. The Morgan fingerprint density at radius 1 is 0.265 bits per heavy atom. The van der Waals surface area contributed by atoms with Crippen LogP contribution in [0.1, 0.15) is 0 Å². The van der Waals surface area contributed by atoms with Crippen molar-refractivity contribution in [1.82, 2.24) is 0 Å². The van der Waals surface area contributed by atoms with E-state index in [4.69, 9.17) is 0 Å². The molecule has 0 atom stereocenters. The standard InChI is InChI=1S/C48H33N/c1-2-12-36(13-3-1)45-23-9-18-39-19-10-24-46(48(39)45)38-28-32-41(33-29-38)49(47-25-11-17-35-15-5-7-21-44(35)47)40-30-26-37(27-31-40)43-22-8-16-34-14-4-6-20-42(34)43/h1-33H. The molecule has 9 aromatic carbocycles. The zero-order valence-corrected chi connectivity index (χ0v) is 27.0. The molecule has 1 nitrogen and oxygen atoms in total. The van der Waals surface area contributed by atoms with Gasteiger partial charge in [0.15, 0.2) is 0 Å². The monoisotopic (exact) mass is 623 g/mol. The summed E-state index contributed by atoms with van der Waals surface area (Å²) >= 11 is 0. The molecule has 230 valence electrons. The molecule has 0 heterocycles. The second kappa shape index (κ2) is 12.3. The first-order valence-corrected chi connectivity index (χ1v) is 16.9. The SMILES string of the molecule is c1ccc(-c2cccc3cccc(-c4ccc(N(c5ccc(-c6cccc7ccccc67)cc5)c5cccc6ccccc56)cc4)c23)cc1. The van der Waals surface area contributed by atoms with Crippen LogP contribution in [0.15, 0.2) is 200 Å². The molecular formula is C48H33N. The summed E-state index contributed by atoms with van der Waals surface area (Å²) in [6.07, 6.45) is 0. The van der Waals surface area contributed by atoms with Gasteiger partial charge in [-0.3, -0.25) is 0 Å². The van der Waals surface area contributed by atoms with Crippen LogP contribution in [0.4, 0.5) is 17.1 Å². The van der Waals surface area contributed by atoms with Gasteiger partial charge < -0.3 is 4.90 Å². The largest absolute Gasteiger partial charge is 0.310 e. The van der Waals surface area contributed by atoms with E-state index in [0.29, 0.717) is 0 Å². The lowest BCUT2D eigenvalue weighted by atomic mass is 9.91. The highest BCUT2D eigenvalue weighted by atomic mass is 15.1. The summed E-state index contributed by atoms with van der Waals surface area (Å²) in [5.41, 5.74) is 10.7. The highest BCUT2D eigenvalue weighted by Gasteiger charge is 2.17. The maximum atomic E-state index is 2.39. The van der Waals surface area contributed by atoms with E-state index in [-0.39, 0.29) is 0 Å². The molecule has 9 aromatic rings. The Balaban J connectivity index is 1.17. The van der Waals surface area contributed by atoms with E-state index in [9.17, 15) is 0 Å². The highest BCUT2D eigenvalue weighted by Crippen LogP contribution is 2.42. The Hall–Kier alpha value is -6.44. The minimum Gasteiger partial charge on any atom is -0.310 e. The van der Waals surface area contributed by atoms with Gasteiger partial charge in [0.1, 0.15) is 0 Å². The molecule has 0 amide bonds. The number of rotatable bonds is 6. The Morgan fingerprint density at radius 3 is 1.33 bits per heavy atom. The van der Waals surface area contributed by atoms with E-state index >= 15 is 0 Å². The van der Waals surface area contributed by atoms with Gasteiger partial charge in [-0.05, 0) is 90.6 Å². The highest BCUT2D eigenvalue weighted by molar-refractivity contribution is 6.07. The molecule has 0 radical (unpaired) electrons. The summed E-state index contributed by atoms with van der Waals surface area (Å²) in [5, 5.41) is 7.48. The molecule has 0 bridgehead atoms. The smallest absolute Gasteiger partial charge is 0.0540 e. The van der Waals surface area contributed by atoms with Crippen LogP contribution in [-0.4, -0.2) is 0 Å². The van der Waals surface area contributed by atoms with Crippen molar-refractivity contribution < 1.29 is 0 Å². The fourth-order valence-electron chi connectivity index (χ4n) is 7.33. The van der Waals surface area contributed by atoms with Crippen LogP contribution in [0.25, 0.3) is 65.7 Å². The number of anilines is 3. The van der Waals surface area contributed by atoms with Crippen molar-refractivity contribution in [3.05, 3.63) is 200 Å². The van der Waals surface area contributed by atoms with Gasteiger partial charge in [0, 0.05) is 16.8 Å². The fourth-order valence-corrected chi connectivity index (χ4v) is 7.33. The predicted octanol–water partition coefficient (Wildman–Crippen LogP) is 13.6. The van der Waals surface area contributed by atoms with Crippen molar-refractivity contribution in [3.8, 4) is 33.4 Å². The quantitative estimate of drug-likeness (QED) is 0.178. The van der Waals surface area contributed by atoms with Crippen LogP contribution in [0.2, 0.25) is 0 Å². The summed E-state index contributed by atoms with van der Waals surface area (Å²) in [4.78, 5) is 2.39. The van der Waals surface area contributed by atoms with Gasteiger partial charge >= 0.3 is 0 Å². The molecule has 0 saturated heterocycles. The Kier molecular flexibility index (Phi) is 7.22. The molecule has 0 saturated carbocycles. The van der Waals surface area contributed by atoms with E-state index in [1.165, 1.54) is 65.7 Å². The Morgan fingerprint density at radius 2 is 0.694 bits per heavy atom. The molecule has 49 heavy (non-hydrogen) atoms. The zero-order chi connectivity index (χ0) is 32.6. The predicted molar refractivity (Wildman–Crippen MR) is 210 cm³/mol.